The summed E-state index contributed by atoms with van der Waals surface area (Å²) in [6, 6.07) is 8.27. The van der Waals surface area contributed by atoms with Crippen LogP contribution in [-0.4, -0.2) is 37.9 Å². The minimum absolute atomic E-state index is 0.0293. The van der Waals surface area contributed by atoms with Crippen molar-refractivity contribution < 1.29 is 18.0 Å². The first kappa shape index (κ1) is 21.3. The van der Waals surface area contributed by atoms with Gasteiger partial charge in [-0.3, -0.25) is 14.9 Å². The molecule has 0 aliphatic carbocycles. The lowest BCUT2D eigenvalue weighted by molar-refractivity contribution is -0.137. The fourth-order valence-corrected chi connectivity index (χ4v) is 3.92. The molecule has 1 aliphatic heterocycles. The Morgan fingerprint density at radius 2 is 1.82 bits per heavy atom. The molecule has 3 aromatic heterocycles. The molecule has 0 N–H and O–H groups in total. The molecule has 0 atom stereocenters. The maximum Gasteiger partial charge on any atom is 0.417 e. The average Bonchev–Trinajstić information content (AvgIpc) is 2.84. The van der Waals surface area contributed by atoms with E-state index >= 15 is 0 Å². The fraction of sp³-hybridized carbons (Fsp3) is 0.130. The lowest BCUT2D eigenvalue weighted by Gasteiger charge is -2.35. The summed E-state index contributed by atoms with van der Waals surface area (Å²) in [7, 11) is 1.56. The highest BCUT2D eigenvalue weighted by molar-refractivity contribution is 6.08. The average molecular weight is 461 g/mol. The smallest absolute Gasteiger partial charge is 0.323 e. The summed E-state index contributed by atoms with van der Waals surface area (Å²) in [4.78, 5) is 32.1. The van der Waals surface area contributed by atoms with Crippen LogP contribution in [0.5, 0.6) is 0 Å². The molecule has 1 aliphatic rings. The number of halogens is 3. The van der Waals surface area contributed by atoms with E-state index in [0.29, 0.717) is 22.3 Å². The summed E-state index contributed by atoms with van der Waals surface area (Å²) >= 11 is 0. The number of alkyl halides is 3. The first-order chi connectivity index (χ1) is 16.3. The molecule has 1 aromatic carbocycles. The van der Waals surface area contributed by atoms with Gasteiger partial charge >= 0.3 is 12.2 Å². The Kier molecular flexibility index (Phi) is 4.86. The molecule has 34 heavy (non-hydrogen) atoms. The minimum atomic E-state index is -4.73. The molecule has 2 amide bonds. The van der Waals surface area contributed by atoms with Crippen LogP contribution in [0.1, 0.15) is 17.0 Å². The molecule has 11 heteroatoms. The minimum Gasteiger partial charge on any atom is -0.323 e. The van der Waals surface area contributed by atoms with Crippen LogP contribution in [0.3, 0.4) is 0 Å². The Balaban J connectivity index is 1.72. The molecule has 0 saturated carbocycles. The van der Waals surface area contributed by atoms with Gasteiger partial charge in [0.2, 0.25) is 5.82 Å². The number of aromatic nitrogens is 4. The van der Waals surface area contributed by atoms with Crippen molar-refractivity contribution in [3.05, 3.63) is 72.1 Å². The number of carbonyl (C=O) groups excluding carboxylic acids is 1. The van der Waals surface area contributed by atoms with E-state index in [9.17, 15) is 18.0 Å². The van der Waals surface area contributed by atoms with Gasteiger partial charge in [-0.05, 0) is 29.8 Å². The van der Waals surface area contributed by atoms with Gasteiger partial charge in [-0.2, -0.15) is 18.4 Å². The van der Waals surface area contributed by atoms with Gasteiger partial charge in [0.05, 0.1) is 29.0 Å². The lowest BCUT2D eigenvalue weighted by Crippen LogP contribution is -2.42. The molecule has 4 aromatic rings. The molecule has 0 spiro atoms. The third-order valence-electron chi connectivity index (χ3n) is 5.45. The van der Waals surface area contributed by atoms with Gasteiger partial charge < -0.3 is 4.90 Å². The van der Waals surface area contributed by atoms with E-state index in [4.69, 9.17) is 5.26 Å². The quantitative estimate of drug-likeness (QED) is 0.430. The third-order valence-corrected chi connectivity index (χ3v) is 5.45. The fourth-order valence-electron chi connectivity index (χ4n) is 3.92. The van der Waals surface area contributed by atoms with Crippen LogP contribution in [0.4, 0.5) is 29.3 Å². The monoisotopic (exact) mass is 461 g/mol. The summed E-state index contributed by atoms with van der Waals surface area (Å²) in [5.74, 6) is -0.152. The van der Waals surface area contributed by atoms with Crippen molar-refractivity contribution >= 4 is 28.4 Å². The Labute approximate surface area is 190 Å². The molecule has 0 bridgehead atoms. The molecule has 0 unspecified atom stereocenters. The summed E-state index contributed by atoms with van der Waals surface area (Å²) in [6.45, 7) is 0.247. The second-order valence-electron chi connectivity index (χ2n) is 7.61. The second-order valence-corrected chi connectivity index (χ2v) is 7.61. The number of pyridine rings is 2. The van der Waals surface area contributed by atoms with Crippen molar-refractivity contribution in [2.75, 3.05) is 11.9 Å². The first-order valence-corrected chi connectivity index (χ1v) is 9.99. The zero-order valence-corrected chi connectivity index (χ0v) is 17.6. The van der Waals surface area contributed by atoms with Gasteiger partial charge in [0.25, 0.3) is 0 Å². The maximum absolute atomic E-state index is 14.1. The van der Waals surface area contributed by atoms with Crippen LogP contribution in [0.2, 0.25) is 0 Å². The van der Waals surface area contributed by atoms with Crippen molar-refractivity contribution in [2.24, 2.45) is 0 Å². The summed E-state index contributed by atoms with van der Waals surface area (Å²) in [5.41, 5.74) is 0.982. The van der Waals surface area contributed by atoms with Gasteiger partial charge in [-0.25, -0.2) is 14.8 Å². The second kappa shape index (κ2) is 7.77. The number of amides is 2. The molecule has 5 rings (SSSR count). The molecule has 8 nitrogen and oxygen atoms in total. The van der Waals surface area contributed by atoms with E-state index < -0.39 is 17.8 Å². The van der Waals surface area contributed by atoms with Gasteiger partial charge in [-0.1, -0.05) is 6.07 Å². The molecule has 0 radical (unpaired) electrons. The standard InChI is InChI=1S/C23H14F3N7O/c1-32-12-14-11-29-18-3-2-6-28-20(18)21(14)33(22(32)34)15-4-5-16(17(7-15)23(24,25)26)13-9-30-19(8-27)31-10-13/h2-7,9-11H,12H2,1H3. The number of carbonyl (C=O) groups is 1. The van der Waals surface area contributed by atoms with Crippen molar-refractivity contribution in [3.63, 3.8) is 0 Å². The van der Waals surface area contributed by atoms with E-state index in [1.54, 1.807) is 37.6 Å². The van der Waals surface area contributed by atoms with Crippen molar-refractivity contribution in [2.45, 2.75) is 12.7 Å². The number of nitrogens with zero attached hydrogens (tertiary/aromatic N) is 7. The Hall–Kier alpha value is -4.59. The van der Waals surface area contributed by atoms with E-state index in [2.05, 4.69) is 19.9 Å². The highest BCUT2D eigenvalue weighted by atomic mass is 19.4. The van der Waals surface area contributed by atoms with E-state index in [1.165, 1.54) is 21.9 Å². The number of fused-ring (bicyclic) bond motifs is 3. The number of benzene rings is 1. The van der Waals surface area contributed by atoms with Crippen LogP contribution in [0, 0.1) is 11.3 Å². The third kappa shape index (κ3) is 3.45. The molecular weight excluding hydrogens is 447 g/mol. The Morgan fingerprint density at radius 3 is 2.53 bits per heavy atom. The maximum atomic E-state index is 14.1. The zero-order valence-electron chi connectivity index (χ0n) is 17.6. The summed E-state index contributed by atoms with van der Waals surface area (Å²) in [6.07, 6.45) is 0.732. The van der Waals surface area contributed by atoms with Gasteiger partial charge in [0.1, 0.15) is 11.6 Å². The van der Waals surface area contributed by atoms with Gasteiger partial charge in [-0.15, -0.1) is 0 Å². The van der Waals surface area contributed by atoms with Crippen LogP contribution < -0.4 is 4.90 Å². The highest BCUT2D eigenvalue weighted by Gasteiger charge is 2.37. The Bertz CT molecular complexity index is 1480. The predicted octanol–water partition coefficient (Wildman–Crippen LogP) is 4.68. The predicted molar refractivity (Wildman–Crippen MR) is 116 cm³/mol. The SMILES string of the molecule is CN1Cc2cnc3cccnc3c2N(c2ccc(-c3cnc(C#N)nc3)c(C(F)(F)F)c2)C1=O. The lowest BCUT2D eigenvalue weighted by atomic mass is 9.99. The van der Waals surface area contributed by atoms with Crippen LogP contribution in [0.15, 0.2) is 55.1 Å². The van der Waals surface area contributed by atoms with Gasteiger partial charge in [0, 0.05) is 43.0 Å². The number of hydrogen-bond acceptors (Lipinski definition) is 6. The van der Waals surface area contributed by atoms with E-state index in [1.807, 2.05) is 0 Å². The van der Waals surface area contributed by atoms with Crippen LogP contribution in [0.25, 0.3) is 22.2 Å². The molecule has 0 saturated heterocycles. The summed E-state index contributed by atoms with van der Waals surface area (Å²) < 4.78 is 42.4. The van der Waals surface area contributed by atoms with Gasteiger partial charge in [0.15, 0.2) is 0 Å². The number of anilines is 2. The number of rotatable bonds is 2. The van der Waals surface area contributed by atoms with Crippen molar-refractivity contribution in [1.29, 1.82) is 5.26 Å². The van der Waals surface area contributed by atoms with Crippen LogP contribution in [-0.2, 0) is 12.7 Å². The Morgan fingerprint density at radius 1 is 1.06 bits per heavy atom. The molecule has 0 fully saturated rings. The molecule has 4 heterocycles. The molecule has 168 valence electrons. The van der Waals surface area contributed by atoms with Crippen molar-refractivity contribution in [1.82, 2.24) is 24.8 Å². The zero-order chi connectivity index (χ0) is 24.0. The van der Waals surface area contributed by atoms with Crippen LogP contribution >= 0.6 is 0 Å². The van der Waals surface area contributed by atoms with E-state index in [-0.39, 0.29) is 29.2 Å². The first-order valence-electron chi connectivity index (χ1n) is 9.99. The van der Waals surface area contributed by atoms with Crippen molar-refractivity contribution in [3.8, 4) is 17.2 Å². The summed E-state index contributed by atoms with van der Waals surface area (Å²) in [5, 5.41) is 8.86. The normalized spacial score (nSPS) is 13.7. The molecular formula is C23H14F3N7O. The largest absolute Gasteiger partial charge is 0.417 e. The topological polar surface area (TPSA) is 98.9 Å². The van der Waals surface area contributed by atoms with E-state index in [0.717, 1.165) is 18.5 Å². The number of urea groups is 1. The highest BCUT2D eigenvalue weighted by Crippen LogP contribution is 2.43. The number of hydrogen-bond donors (Lipinski definition) is 0. The number of nitriles is 1.